The molecule has 0 saturated heterocycles. The molecule has 15 heavy (non-hydrogen) atoms. The average molecular weight is 339 g/mol. The van der Waals surface area contributed by atoms with Crippen molar-refractivity contribution in [1.29, 1.82) is 0 Å². The molecular formula is C9H3Br2F2NO. The zero-order valence-corrected chi connectivity index (χ0v) is 10.2. The van der Waals surface area contributed by atoms with Gasteiger partial charge in [0, 0.05) is 21.9 Å². The van der Waals surface area contributed by atoms with Crippen LogP contribution in [0.15, 0.2) is 16.6 Å². The summed E-state index contributed by atoms with van der Waals surface area (Å²) in [6.45, 7) is 0. The molecular weight excluding hydrogens is 336 g/mol. The quantitative estimate of drug-likeness (QED) is 0.619. The Hall–Kier alpha value is -0.930. The van der Waals surface area contributed by atoms with Crippen molar-refractivity contribution in [2.75, 3.05) is 5.32 Å². The molecule has 0 heterocycles. The molecule has 6 heteroatoms. The first kappa shape index (κ1) is 12.1. The summed E-state index contributed by atoms with van der Waals surface area (Å²) < 4.78 is 25.8. The minimum atomic E-state index is -0.875. The zero-order valence-electron chi connectivity index (χ0n) is 7.07. The number of benzene rings is 1. The Morgan fingerprint density at radius 2 is 2.07 bits per heavy atom. The molecule has 0 radical (unpaired) electrons. The number of hydrogen-bond acceptors (Lipinski definition) is 1. The van der Waals surface area contributed by atoms with E-state index in [4.69, 9.17) is 0 Å². The number of amides is 1. The van der Waals surface area contributed by atoms with Gasteiger partial charge >= 0.3 is 5.91 Å². The van der Waals surface area contributed by atoms with Crippen LogP contribution < -0.4 is 5.32 Å². The smallest absolute Gasteiger partial charge is 0.301 e. The van der Waals surface area contributed by atoms with E-state index in [2.05, 4.69) is 47.9 Å². The van der Waals surface area contributed by atoms with Crippen molar-refractivity contribution >= 4 is 43.5 Å². The maximum atomic E-state index is 13.3. The molecule has 0 bridgehead atoms. The van der Waals surface area contributed by atoms with Crippen molar-refractivity contribution < 1.29 is 13.6 Å². The standard InChI is InChI=1S/C9H3Br2F2NO/c10-4-3-7(15)14-6-2-1-5(12)8(11)9(6)13/h1-2H,(H,14,15). The van der Waals surface area contributed by atoms with Crippen LogP contribution in [0.4, 0.5) is 14.5 Å². The number of halogens is 4. The summed E-state index contributed by atoms with van der Waals surface area (Å²) in [7, 11) is 0. The summed E-state index contributed by atoms with van der Waals surface area (Å²) in [5, 5.41) is 2.16. The summed E-state index contributed by atoms with van der Waals surface area (Å²) >= 11 is 5.44. The average Bonchev–Trinajstić information content (AvgIpc) is 2.20. The van der Waals surface area contributed by atoms with E-state index in [0.717, 1.165) is 12.1 Å². The second kappa shape index (κ2) is 5.24. The van der Waals surface area contributed by atoms with Crippen LogP contribution in [-0.2, 0) is 4.79 Å². The summed E-state index contributed by atoms with van der Waals surface area (Å²) in [4.78, 5) is 13.1. The van der Waals surface area contributed by atoms with Gasteiger partial charge in [-0.05, 0) is 32.9 Å². The Bertz CT molecular complexity index is 465. The molecule has 1 aromatic carbocycles. The van der Waals surface area contributed by atoms with E-state index in [1.165, 1.54) is 0 Å². The molecule has 2 nitrogen and oxygen atoms in total. The van der Waals surface area contributed by atoms with Crippen LogP contribution in [0.1, 0.15) is 0 Å². The minimum Gasteiger partial charge on any atom is -0.312 e. The van der Waals surface area contributed by atoms with E-state index in [0.29, 0.717) is 0 Å². The van der Waals surface area contributed by atoms with Gasteiger partial charge in [-0.3, -0.25) is 4.79 Å². The number of carbonyl (C=O) groups is 1. The highest BCUT2D eigenvalue weighted by molar-refractivity contribution is 9.12. The van der Waals surface area contributed by atoms with Crippen molar-refractivity contribution in [2.24, 2.45) is 0 Å². The molecule has 0 aliphatic rings. The maximum absolute atomic E-state index is 13.3. The lowest BCUT2D eigenvalue weighted by atomic mass is 10.3. The number of carbonyl (C=O) groups excluding carboxylic acids is 1. The van der Waals surface area contributed by atoms with Crippen LogP contribution >= 0.6 is 31.9 Å². The predicted molar refractivity (Wildman–Crippen MR) is 59.4 cm³/mol. The second-order valence-corrected chi connectivity index (χ2v) is 3.59. The van der Waals surface area contributed by atoms with Gasteiger partial charge in [0.2, 0.25) is 0 Å². The van der Waals surface area contributed by atoms with Crippen molar-refractivity contribution in [3.8, 4) is 10.8 Å². The molecule has 0 spiro atoms. The van der Waals surface area contributed by atoms with Gasteiger partial charge in [-0.1, -0.05) is 0 Å². The van der Waals surface area contributed by atoms with Crippen LogP contribution in [0.5, 0.6) is 0 Å². The number of hydrogen-bond donors (Lipinski definition) is 1. The molecule has 0 aliphatic carbocycles. The van der Waals surface area contributed by atoms with Gasteiger partial charge in [0.05, 0.1) is 10.2 Å². The van der Waals surface area contributed by atoms with Crippen molar-refractivity contribution in [3.05, 3.63) is 28.2 Å². The predicted octanol–water partition coefficient (Wildman–Crippen LogP) is 3.02. The fourth-order valence-corrected chi connectivity index (χ4v) is 1.34. The molecule has 0 saturated carbocycles. The van der Waals surface area contributed by atoms with E-state index < -0.39 is 17.5 Å². The zero-order chi connectivity index (χ0) is 11.4. The van der Waals surface area contributed by atoms with Gasteiger partial charge in [-0.15, -0.1) is 0 Å². The molecule has 0 fully saturated rings. The Kier molecular flexibility index (Phi) is 4.24. The molecule has 0 unspecified atom stereocenters. The molecule has 1 N–H and O–H groups in total. The summed E-state index contributed by atoms with van der Waals surface area (Å²) in [5.74, 6) is -0.208. The Labute approximate surface area is 101 Å². The van der Waals surface area contributed by atoms with Gasteiger partial charge in [-0.25, -0.2) is 8.78 Å². The third-order valence-corrected chi connectivity index (χ3v) is 2.37. The lowest BCUT2D eigenvalue weighted by Crippen LogP contribution is -2.10. The van der Waals surface area contributed by atoms with E-state index >= 15 is 0 Å². The lowest BCUT2D eigenvalue weighted by molar-refractivity contribution is -0.111. The molecule has 0 aromatic heterocycles. The Balaban J connectivity index is 3.00. The van der Waals surface area contributed by atoms with E-state index in [1.54, 1.807) is 0 Å². The third kappa shape index (κ3) is 3.01. The fraction of sp³-hybridized carbons (Fsp3) is 0. The summed E-state index contributed by atoms with van der Waals surface area (Å²) in [6, 6.07) is 2.15. The molecule has 0 atom stereocenters. The first-order valence-electron chi connectivity index (χ1n) is 3.62. The molecule has 78 valence electrons. The van der Waals surface area contributed by atoms with Gasteiger partial charge in [0.15, 0.2) is 5.82 Å². The topological polar surface area (TPSA) is 29.1 Å². The van der Waals surface area contributed by atoms with Gasteiger partial charge in [0.1, 0.15) is 5.82 Å². The van der Waals surface area contributed by atoms with Crippen molar-refractivity contribution in [2.45, 2.75) is 0 Å². The third-order valence-electron chi connectivity index (χ3n) is 1.44. The van der Waals surface area contributed by atoms with Gasteiger partial charge in [-0.2, -0.15) is 0 Å². The van der Waals surface area contributed by atoms with E-state index in [1.807, 2.05) is 0 Å². The molecule has 1 amide bonds. The highest BCUT2D eigenvalue weighted by Crippen LogP contribution is 2.25. The normalized spacial score (nSPS) is 9.07. The Morgan fingerprint density at radius 1 is 1.40 bits per heavy atom. The van der Waals surface area contributed by atoms with E-state index in [-0.39, 0.29) is 10.2 Å². The molecule has 1 aromatic rings. The van der Waals surface area contributed by atoms with Crippen LogP contribution in [0.2, 0.25) is 0 Å². The second-order valence-electron chi connectivity index (χ2n) is 2.40. The first-order chi connectivity index (χ1) is 7.06. The Morgan fingerprint density at radius 3 is 2.67 bits per heavy atom. The van der Waals surface area contributed by atoms with Crippen molar-refractivity contribution in [3.63, 3.8) is 0 Å². The lowest BCUT2D eigenvalue weighted by Gasteiger charge is -2.04. The highest BCUT2D eigenvalue weighted by atomic mass is 79.9. The monoisotopic (exact) mass is 337 g/mol. The SMILES string of the molecule is O=C(C#CBr)Nc1ccc(F)c(Br)c1F. The van der Waals surface area contributed by atoms with E-state index in [9.17, 15) is 13.6 Å². The van der Waals surface area contributed by atoms with Gasteiger partial charge in [0.25, 0.3) is 0 Å². The number of nitrogens with one attached hydrogen (secondary N) is 1. The number of rotatable bonds is 1. The molecule has 1 rings (SSSR count). The largest absolute Gasteiger partial charge is 0.312 e. The summed E-state index contributed by atoms with van der Waals surface area (Å²) in [5.41, 5.74) is -0.136. The maximum Gasteiger partial charge on any atom is 0.301 e. The first-order valence-corrected chi connectivity index (χ1v) is 5.21. The highest BCUT2D eigenvalue weighted by Gasteiger charge is 2.12. The van der Waals surface area contributed by atoms with Crippen LogP contribution in [0, 0.1) is 22.4 Å². The number of anilines is 1. The van der Waals surface area contributed by atoms with Gasteiger partial charge < -0.3 is 5.32 Å². The minimum absolute atomic E-state index is 0.136. The van der Waals surface area contributed by atoms with Crippen LogP contribution in [-0.4, -0.2) is 5.91 Å². The summed E-state index contributed by atoms with van der Waals surface area (Å²) in [6.07, 6.45) is 0. The van der Waals surface area contributed by atoms with Crippen LogP contribution in [0.3, 0.4) is 0 Å². The fourth-order valence-electron chi connectivity index (χ4n) is 0.819. The van der Waals surface area contributed by atoms with Crippen LogP contribution in [0.25, 0.3) is 0 Å². The van der Waals surface area contributed by atoms with Crippen molar-refractivity contribution in [1.82, 2.24) is 0 Å². The molecule has 0 aliphatic heterocycles.